The van der Waals surface area contributed by atoms with Gasteiger partial charge in [0.25, 0.3) is 0 Å². The Morgan fingerprint density at radius 1 is 1.47 bits per heavy atom. The van der Waals surface area contributed by atoms with Crippen molar-refractivity contribution in [3.63, 3.8) is 0 Å². The Hall–Kier alpha value is -1.17. The molecule has 2 heterocycles. The number of furan rings is 1. The number of aryl methyl sites for hydroxylation is 1. The normalized spacial score (nSPS) is 11.3. The lowest BCUT2D eigenvalue weighted by Gasteiger charge is -2.15. The second-order valence-corrected chi connectivity index (χ2v) is 5.05. The number of nitrogens with two attached hydrogens (primary N) is 1. The average Bonchev–Trinajstić information content (AvgIpc) is 2.89. The van der Waals surface area contributed by atoms with E-state index in [9.17, 15) is 0 Å². The fraction of sp³-hybridized carbons (Fsp3) is 0.417. The predicted octanol–water partition coefficient (Wildman–Crippen LogP) is 2.14. The monoisotopic (exact) mass is 251 g/mol. The molecule has 0 aliphatic heterocycles. The van der Waals surface area contributed by atoms with Crippen molar-refractivity contribution in [3.05, 3.63) is 39.7 Å². The van der Waals surface area contributed by atoms with Crippen LogP contribution in [0.3, 0.4) is 0 Å². The summed E-state index contributed by atoms with van der Waals surface area (Å²) in [5, 5.41) is 0. The van der Waals surface area contributed by atoms with Crippen molar-refractivity contribution in [1.82, 2.24) is 9.88 Å². The lowest BCUT2D eigenvalue weighted by Crippen LogP contribution is -2.18. The quantitative estimate of drug-likeness (QED) is 0.884. The molecule has 0 saturated heterocycles. The number of hydrogen-bond acceptors (Lipinski definition) is 5. The van der Waals surface area contributed by atoms with Crippen LogP contribution in [-0.2, 0) is 19.6 Å². The Bertz CT molecular complexity index is 478. The van der Waals surface area contributed by atoms with E-state index in [1.54, 1.807) is 17.6 Å². The Labute approximate surface area is 105 Å². The summed E-state index contributed by atoms with van der Waals surface area (Å²) in [7, 11) is 2.07. The summed E-state index contributed by atoms with van der Waals surface area (Å²) in [6, 6.07) is 1.93. The van der Waals surface area contributed by atoms with E-state index < -0.39 is 0 Å². The molecule has 4 nitrogen and oxygen atoms in total. The first-order valence-electron chi connectivity index (χ1n) is 5.53. The zero-order valence-electron chi connectivity index (χ0n) is 10.1. The Kier molecular flexibility index (Phi) is 3.93. The highest BCUT2D eigenvalue weighted by molar-refractivity contribution is 7.09. The zero-order valence-corrected chi connectivity index (χ0v) is 11.0. The van der Waals surface area contributed by atoms with E-state index in [-0.39, 0.29) is 0 Å². The molecule has 17 heavy (non-hydrogen) atoms. The highest BCUT2D eigenvalue weighted by Crippen LogP contribution is 2.17. The van der Waals surface area contributed by atoms with Gasteiger partial charge in [-0.1, -0.05) is 0 Å². The van der Waals surface area contributed by atoms with Crippen molar-refractivity contribution < 1.29 is 4.42 Å². The van der Waals surface area contributed by atoms with Crippen molar-refractivity contribution in [1.29, 1.82) is 0 Å². The van der Waals surface area contributed by atoms with Gasteiger partial charge in [0.1, 0.15) is 5.76 Å². The SMILES string of the molecule is Cc1ncsc1CN(C)Cc1occc1CN. The number of hydrogen-bond donors (Lipinski definition) is 1. The summed E-state index contributed by atoms with van der Waals surface area (Å²) in [6.07, 6.45) is 1.70. The van der Waals surface area contributed by atoms with Crippen molar-refractivity contribution >= 4 is 11.3 Å². The smallest absolute Gasteiger partial charge is 0.122 e. The Balaban J connectivity index is 1.98. The molecular formula is C12H17N3OS. The zero-order chi connectivity index (χ0) is 12.3. The van der Waals surface area contributed by atoms with Crippen LogP contribution in [0.25, 0.3) is 0 Å². The number of thiazole rings is 1. The molecule has 5 heteroatoms. The summed E-state index contributed by atoms with van der Waals surface area (Å²) in [4.78, 5) is 7.76. The molecule has 0 fully saturated rings. The van der Waals surface area contributed by atoms with E-state index in [0.29, 0.717) is 6.54 Å². The maximum atomic E-state index is 5.64. The topological polar surface area (TPSA) is 55.3 Å². The van der Waals surface area contributed by atoms with Gasteiger partial charge in [-0.05, 0) is 20.0 Å². The van der Waals surface area contributed by atoms with Gasteiger partial charge in [0.15, 0.2) is 0 Å². The Morgan fingerprint density at radius 3 is 2.94 bits per heavy atom. The lowest BCUT2D eigenvalue weighted by molar-refractivity contribution is 0.288. The predicted molar refractivity (Wildman–Crippen MR) is 68.6 cm³/mol. The van der Waals surface area contributed by atoms with Gasteiger partial charge in [-0.25, -0.2) is 4.98 Å². The van der Waals surface area contributed by atoms with Crippen LogP contribution >= 0.6 is 11.3 Å². The summed E-state index contributed by atoms with van der Waals surface area (Å²) in [5.74, 6) is 0.956. The van der Waals surface area contributed by atoms with Crippen LogP contribution in [0.15, 0.2) is 22.3 Å². The molecule has 2 rings (SSSR count). The first-order chi connectivity index (χ1) is 8.20. The van der Waals surface area contributed by atoms with Gasteiger partial charge in [-0.15, -0.1) is 11.3 Å². The standard InChI is InChI=1S/C12H17N3OS/c1-9-12(17-8-14-9)7-15(2)6-11-10(5-13)3-4-16-11/h3-4,8H,5-7,13H2,1-2H3. The molecule has 2 aromatic rings. The molecule has 0 aliphatic carbocycles. The molecule has 0 saturated carbocycles. The largest absolute Gasteiger partial charge is 0.468 e. The van der Waals surface area contributed by atoms with E-state index in [1.807, 2.05) is 18.5 Å². The van der Waals surface area contributed by atoms with Gasteiger partial charge >= 0.3 is 0 Å². The molecule has 2 N–H and O–H groups in total. The molecule has 0 spiro atoms. The average molecular weight is 251 g/mol. The Morgan fingerprint density at radius 2 is 2.29 bits per heavy atom. The van der Waals surface area contributed by atoms with E-state index in [4.69, 9.17) is 10.2 Å². The minimum absolute atomic E-state index is 0.527. The second-order valence-electron chi connectivity index (χ2n) is 4.11. The molecule has 0 aliphatic rings. The molecule has 0 unspecified atom stereocenters. The lowest BCUT2D eigenvalue weighted by atomic mass is 10.2. The molecular weight excluding hydrogens is 234 g/mol. The fourth-order valence-corrected chi connectivity index (χ4v) is 2.57. The third kappa shape index (κ3) is 2.94. The van der Waals surface area contributed by atoms with Crippen molar-refractivity contribution in [3.8, 4) is 0 Å². The molecule has 2 aromatic heterocycles. The van der Waals surface area contributed by atoms with Gasteiger partial charge in [-0.3, -0.25) is 4.90 Å². The number of aromatic nitrogens is 1. The van der Waals surface area contributed by atoms with Crippen LogP contribution in [-0.4, -0.2) is 16.9 Å². The van der Waals surface area contributed by atoms with Crippen LogP contribution in [0.2, 0.25) is 0 Å². The first-order valence-corrected chi connectivity index (χ1v) is 6.41. The second kappa shape index (κ2) is 5.44. The van der Waals surface area contributed by atoms with Crippen LogP contribution in [0.5, 0.6) is 0 Å². The van der Waals surface area contributed by atoms with Crippen molar-refractivity contribution in [2.24, 2.45) is 5.73 Å². The molecule has 0 aromatic carbocycles. The van der Waals surface area contributed by atoms with Gasteiger partial charge < -0.3 is 10.2 Å². The summed E-state index contributed by atoms with van der Waals surface area (Å²) >= 11 is 1.69. The van der Waals surface area contributed by atoms with Gasteiger partial charge in [0.05, 0.1) is 24.0 Å². The minimum atomic E-state index is 0.527. The molecule has 0 atom stereocenters. The molecule has 92 valence electrons. The van der Waals surface area contributed by atoms with Crippen LogP contribution in [0, 0.1) is 6.92 Å². The molecule has 0 radical (unpaired) electrons. The molecule has 0 amide bonds. The van der Waals surface area contributed by atoms with Gasteiger partial charge in [0, 0.05) is 23.5 Å². The fourth-order valence-electron chi connectivity index (χ4n) is 1.71. The maximum absolute atomic E-state index is 5.64. The van der Waals surface area contributed by atoms with E-state index in [2.05, 4.69) is 16.9 Å². The van der Waals surface area contributed by atoms with Gasteiger partial charge in [0.2, 0.25) is 0 Å². The highest BCUT2D eigenvalue weighted by Gasteiger charge is 2.10. The summed E-state index contributed by atoms with van der Waals surface area (Å²) in [5.41, 5.74) is 9.72. The first kappa shape index (κ1) is 12.3. The van der Waals surface area contributed by atoms with E-state index in [0.717, 1.165) is 30.1 Å². The van der Waals surface area contributed by atoms with E-state index >= 15 is 0 Å². The number of rotatable bonds is 5. The third-order valence-corrected chi connectivity index (χ3v) is 3.65. The maximum Gasteiger partial charge on any atom is 0.122 e. The van der Waals surface area contributed by atoms with Crippen molar-refractivity contribution in [2.45, 2.75) is 26.6 Å². The van der Waals surface area contributed by atoms with E-state index in [1.165, 1.54) is 4.88 Å². The highest BCUT2D eigenvalue weighted by atomic mass is 32.1. The minimum Gasteiger partial charge on any atom is -0.468 e. The van der Waals surface area contributed by atoms with Crippen LogP contribution < -0.4 is 5.73 Å². The van der Waals surface area contributed by atoms with Gasteiger partial charge in [-0.2, -0.15) is 0 Å². The molecule has 0 bridgehead atoms. The number of nitrogens with zero attached hydrogens (tertiary/aromatic N) is 2. The van der Waals surface area contributed by atoms with Crippen LogP contribution in [0.1, 0.15) is 21.9 Å². The van der Waals surface area contributed by atoms with Crippen LogP contribution in [0.4, 0.5) is 0 Å². The third-order valence-electron chi connectivity index (χ3n) is 2.73. The summed E-state index contributed by atoms with van der Waals surface area (Å²) < 4.78 is 5.44. The summed E-state index contributed by atoms with van der Waals surface area (Å²) in [6.45, 7) is 4.23. The van der Waals surface area contributed by atoms with Crippen molar-refractivity contribution in [2.75, 3.05) is 7.05 Å².